The second-order valence-corrected chi connectivity index (χ2v) is 8.35. The number of carbonyl (C=O) groups is 1. The van der Waals surface area contributed by atoms with E-state index in [9.17, 15) is 13.6 Å². The van der Waals surface area contributed by atoms with Gasteiger partial charge in [0.05, 0.1) is 5.56 Å². The van der Waals surface area contributed by atoms with Crippen LogP contribution in [0.15, 0.2) is 42.6 Å². The second kappa shape index (κ2) is 7.29. The van der Waals surface area contributed by atoms with Crippen molar-refractivity contribution in [2.75, 3.05) is 0 Å². The minimum Gasteiger partial charge on any atom is -0.478 e. The number of H-pyrrole nitrogens is 1. The number of carboxylic acid groups (broad SMARTS) is 1. The maximum Gasteiger partial charge on any atom is 0.335 e. The van der Waals surface area contributed by atoms with E-state index in [0.717, 1.165) is 17.5 Å². The molecule has 2 unspecified atom stereocenters. The van der Waals surface area contributed by atoms with Crippen molar-refractivity contribution < 1.29 is 18.7 Å². The molecule has 3 nitrogen and oxygen atoms in total. The third kappa shape index (κ3) is 3.78. The van der Waals surface area contributed by atoms with E-state index < -0.39 is 11.9 Å². The Bertz CT molecular complexity index is 1050. The molecule has 152 valence electrons. The van der Waals surface area contributed by atoms with E-state index in [0.29, 0.717) is 6.42 Å². The van der Waals surface area contributed by atoms with Gasteiger partial charge in [0, 0.05) is 29.9 Å². The number of alkyl halides is 2. The van der Waals surface area contributed by atoms with Crippen LogP contribution in [0.5, 0.6) is 0 Å². The summed E-state index contributed by atoms with van der Waals surface area (Å²) in [4.78, 5) is 14.4. The van der Waals surface area contributed by atoms with Gasteiger partial charge in [-0.2, -0.15) is 0 Å². The van der Waals surface area contributed by atoms with Crippen LogP contribution in [-0.4, -0.2) is 22.0 Å². The number of aromatic nitrogens is 1. The van der Waals surface area contributed by atoms with E-state index in [1.165, 1.54) is 34.2 Å². The first-order valence-electron chi connectivity index (χ1n) is 10.0. The lowest BCUT2D eigenvalue weighted by Crippen LogP contribution is -2.32. The first-order valence-corrected chi connectivity index (χ1v) is 10.0. The molecular formula is C24H25F2NO2. The van der Waals surface area contributed by atoms with Crippen molar-refractivity contribution in [3.63, 3.8) is 0 Å². The first kappa shape index (κ1) is 19.6. The summed E-state index contributed by atoms with van der Waals surface area (Å²) in [5.74, 6) is -3.90. The van der Waals surface area contributed by atoms with Gasteiger partial charge >= 0.3 is 5.97 Å². The van der Waals surface area contributed by atoms with Crippen LogP contribution in [0.1, 0.15) is 57.8 Å². The van der Waals surface area contributed by atoms with Crippen LogP contribution in [0.25, 0.3) is 10.9 Å². The van der Waals surface area contributed by atoms with Crippen LogP contribution in [-0.2, 0) is 6.42 Å². The normalized spacial score (nSPS) is 21.4. The molecule has 4 rings (SSSR count). The predicted molar refractivity (Wildman–Crippen MR) is 110 cm³/mol. The fourth-order valence-electron chi connectivity index (χ4n) is 4.87. The monoisotopic (exact) mass is 397 g/mol. The van der Waals surface area contributed by atoms with Crippen LogP contribution in [0.2, 0.25) is 0 Å². The van der Waals surface area contributed by atoms with Gasteiger partial charge in [-0.3, -0.25) is 0 Å². The van der Waals surface area contributed by atoms with Crippen molar-refractivity contribution in [1.82, 2.24) is 4.98 Å². The third-order valence-electron chi connectivity index (χ3n) is 6.40. The van der Waals surface area contributed by atoms with E-state index in [2.05, 4.69) is 31.0 Å². The van der Waals surface area contributed by atoms with Crippen LogP contribution in [0.4, 0.5) is 8.78 Å². The van der Waals surface area contributed by atoms with Crippen molar-refractivity contribution in [3.8, 4) is 0 Å². The Morgan fingerprint density at radius 2 is 1.90 bits per heavy atom. The molecule has 0 spiro atoms. The lowest BCUT2D eigenvalue weighted by atomic mass is 9.71. The molecule has 1 saturated carbocycles. The maximum atomic E-state index is 14.3. The topological polar surface area (TPSA) is 53.1 Å². The highest BCUT2D eigenvalue weighted by atomic mass is 19.3. The number of aryl methyl sites for hydroxylation is 2. The van der Waals surface area contributed by atoms with Crippen LogP contribution in [0, 0.1) is 19.8 Å². The number of nitrogens with one attached hydrogen (secondary N) is 1. The van der Waals surface area contributed by atoms with Crippen LogP contribution >= 0.6 is 0 Å². The lowest BCUT2D eigenvalue weighted by Gasteiger charge is -2.37. The summed E-state index contributed by atoms with van der Waals surface area (Å²) in [5.41, 5.74) is 5.67. The van der Waals surface area contributed by atoms with Crippen LogP contribution < -0.4 is 0 Å². The van der Waals surface area contributed by atoms with Gasteiger partial charge in [0.1, 0.15) is 0 Å². The summed E-state index contributed by atoms with van der Waals surface area (Å²) in [6, 6.07) is 10.7. The van der Waals surface area contributed by atoms with Gasteiger partial charge in [0.25, 0.3) is 0 Å². The van der Waals surface area contributed by atoms with Crippen molar-refractivity contribution in [2.24, 2.45) is 5.92 Å². The van der Waals surface area contributed by atoms with Crippen molar-refractivity contribution in [3.05, 3.63) is 70.4 Å². The molecule has 0 bridgehead atoms. The maximum absolute atomic E-state index is 14.3. The van der Waals surface area contributed by atoms with Crippen molar-refractivity contribution in [2.45, 2.75) is 51.4 Å². The molecule has 0 aliphatic heterocycles. The lowest BCUT2D eigenvalue weighted by molar-refractivity contribution is -0.0546. The number of aromatic amines is 1. The quantitative estimate of drug-likeness (QED) is 0.547. The molecule has 0 amide bonds. The van der Waals surface area contributed by atoms with E-state index in [-0.39, 0.29) is 30.2 Å². The molecular weight excluding hydrogens is 372 g/mol. The number of halogens is 2. The molecule has 1 aromatic heterocycles. The summed E-state index contributed by atoms with van der Waals surface area (Å²) >= 11 is 0. The molecule has 1 heterocycles. The van der Waals surface area contributed by atoms with Crippen molar-refractivity contribution >= 4 is 16.9 Å². The summed E-state index contributed by atoms with van der Waals surface area (Å²) in [6.07, 6.45) is 2.84. The van der Waals surface area contributed by atoms with E-state index in [1.807, 2.05) is 6.20 Å². The Kier molecular flexibility index (Phi) is 4.93. The van der Waals surface area contributed by atoms with E-state index in [4.69, 9.17) is 5.11 Å². The largest absolute Gasteiger partial charge is 0.478 e. The number of hydrogen-bond donors (Lipinski definition) is 2. The Balaban J connectivity index is 1.70. The molecule has 0 saturated heterocycles. The fraction of sp³-hybridized carbons (Fsp3) is 0.375. The number of benzene rings is 2. The number of aromatic carboxylic acids is 1. The molecule has 0 radical (unpaired) electrons. The van der Waals surface area contributed by atoms with Gasteiger partial charge in [-0.05, 0) is 79.0 Å². The predicted octanol–water partition coefficient (Wildman–Crippen LogP) is 6.24. The number of carboxylic acids is 1. The third-order valence-corrected chi connectivity index (χ3v) is 6.40. The average molecular weight is 397 g/mol. The van der Waals surface area contributed by atoms with Gasteiger partial charge < -0.3 is 10.1 Å². The zero-order chi connectivity index (χ0) is 20.8. The SMILES string of the molecule is Cc1cc(C)c2[nH]ccc2c1CC1CCC(F)(F)CC1c1ccc(C(=O)O)cc1. The minimum atomic E-state index is -2.68. The molecule has 29 heavy (non-hydrogen) atoms. The molecule has 3 aromatic rings. The van der Waals surface area contributed by atoms with E-state index >= 15 is 0 Å². The highest BCUT2D eigenvalue weighted by Crippen LogP contribution is 2.47. The Morgan fingerprint density at radius 1 is 1.17 bits per heavy atom. The van der Waals surface area contributed by atoms with Gasteiger partial charge in [0.2, 0.25) is 5.92 Å². The van der Waals surface area contributed by atoms with Gasteiger partial charge in [0.15, 0.2) is 0 Å². The summed E-state index contributed by atoms with van der Waals surface area (Å²) in [7, 11) is 0. The Labute approximate surface area is 168 Å². The summed E-state index contributed by atoms with van der Waals surface area (Å²) in [5, 5.41) is 10.3. The molecule has 5 heteroatoms. The highest BCUT2D eigenvalue weighted by Gasteiger charge is 2.42. The number of hydrogen-bond acceptors (Lipinski definition) is 1. The molecule has 1 aliphatic rings. The standard InChI is InChI=1S/C24H25F2NO2/c1-14-11-15(2)22-19(8-10-27-22)20(14)12-18-7-9-24(25,26)13-21(18)16-3-5-17(6-4-16)23(28)29/h3-6,8,10-11,18,21,27H,7,9,12-13H2,1-2H3,(H,28,29). The number of fused-ring (bicyclic) bond motifs is 1. The zero-order valence-corrected chi connectivity index (χ0v) is 16.6. The molecule has 2 N–H and O–H groups in total. The fourth-order valence-corrected chi connectivity index (χ4v) is 4.87. The Hall–Kier alpha value is -2.69. The Morgan fingerprint density at radius 3 is 2.59 bits per heavy atom. The van der Waals surface area contributed by atoms with Gasteiger partial charge in [-0.25, -0.2) is 13.6 Å². The number of rotatable bonds is 4. The zero-order valence-electron chi connectivity index (χ0n) is 16.6. The van der Waals surface area contributed by atoms with Gasteiger partial charge in [-0.1, -0.05) is 18.2 Å². The minimum absolute atomic E-state index is 0.0878. The van der Waals surface area contributed by atoms with Crippen LogP contribution in [0.3, 0.4) is 0 Å². The highest BCUT2D eigenvalue weighted by molar-refractivity contribution is 5.88. The second-order valence-electron chi connectivity index (χ2n) is 8.35. The summed E-state index contributed by atoms with van der Waals surface area (Å²) in [6.45, 7) is 4.16. The average Bonchev–Trinajstić information content (AvgIpc) is 3.16. The van der Waals surface area contributed by atoms with E-state index in [1.54, 1.807) is 12.1 Å². The molecule has 2 aromatic carbocycles. The molecule has 2 atom stereocenters. The molecule has 1 aliphatic carbocycles. The first-order chi connectivity index (χ1) is 13.7. The molecule has 1 fully saturated rings. The smallest absolute Gasteiger partial charge is 0.335 e. The summed E-state index contributed by atoms with van der Waals surface area (Å²) < 4.78 is 28.6. The van der Waals surface area contributed by atoms with Gasteiger partial charge in [-0.15, -0.1) is 0 Å². The van der Waals surface area contributed by atoms with Crippen molar-refractivity contribution in [1.29, 1.82) is 0 Å².